The van der Waals surface area contributed by atoms with Crippen molar-refractivity contribution in [2.45, 2.75) is 90.6 Å². The summed E-state index contributed by atoms with van der Waals surface area (Å²) in [6, 6.07) is 6.15. The first-order chi connectivity index (χ1) is 13.2. The molecule has 0 saturated heterocycles. The lowest BCUT2D eigenvalue weighted by molar-refractivity contribution is 0.0239. The second-order valence-corrected chi connectivity index (χ2v) is 7.21. The Labute approximate surface area is 165 Å². The molecule has 1 N–H and O–H groups in total. The lowest BCUT2D eigenvalue weighted by Gasteiger charge is -2.16. The first kappa shape index (κ1) is 23.5. The van der Waals surface area contributed by atoms with E-state index >= 15 is 0 Å². The van der Waals surface area contributed by atoms with Crippen LogP contribution in [0.2, 0.25) is 0 Å². The Morgan fingerprint density at radius 1 is 0.889 bits per heavy atom. The lowest BCUT2D eigenvalue weighted by atomic mass is 10.1. The molecule has 1 aromatic rings. The molecular formula is C23H38O4. The molecule has 0 radical (unpaired) electrons. The Balaban J connectivity index is 2.02. The Morgan fingerprint density at radius 3 is 2.11 bits per heavy atom. The second kappa shape index (κ2) is 15.5. The van der Waals surface area contributed by atoms with Crippen LogP contribution in [-0.4, -0.2) is 30.4 Å². The molecule has 0 aliphatic heterocycles. The number of aromatic hydroxyl groups is 1. The molecule has 0 spiro atoms. The number of carbonyl (C=O) groups is 1. The average Bonchev–Trinajstić information content (AvgIpc) is 2.68. The van der Waals surface area contributed by atoms with Crippen molar-refractivity contribution in [3.8, 4) is 5.75 Å². The van der Waals surface area contributed by atoms with Crippen molar-refractivity contribution in [1.29, 1.82) is 0 Å². The van der Waals surface area contributed by atoms with E-state index in [1.54, 1.807) is 12.1 Å². The third-order valence-electron chi connectivity index (χ3n) is 4.79. The Kier molecular flexibility index (Phi) is 13.5. The standard InChI is InChI=1S/C23H38O4/c1-3-5-6-7-8-9-10-11-18-26-19-12-13-22(4-2)27-23(25)20-14-16-21(24)17-15-20/h14-17,22,24H,3-13,18-19H2,1-2H3. The first-order valence-electron chi connectivity index (χ1n) is 10.7. The van der Waals surface area contributed by atoms with Crippen molar-refractivity contribution in [3.63, 3.8) is 0 Å². The van der Waals surface area contributed by atoms with Gasteiger partial charge in [-0.2, -0.15) is 0 Å². The number of benzene rings is 1. The van der Waals surface area contributed by atoms with Gasteiger partial charge in [0.05, 0.1) is 5.56 Å². The van der Waals surface area contributed by atoms with Crippen molar-refractivity contribution in [3.05, 3.63) is 29.8 Å². The van der Waals surface area contributed by atoms with Crippen molar-refractivity contribution in [1.82, 2.24) is 0 Å². The topological polar surface area (TPSA) is 55.8 Å². The molecule has 0 aliphatic rings. The van der Waals surface area contributed by atoms with E-state index in [0.717, 1.165) is 38.9 Å². The zero-order chi connectivity index (χ0) is 19.7. The van der Waals surface area contributed by atoms with E-state index in [4.69, 9.17) is 9.47 Å². The van der Waals surface area contributed by atoms with Crippen LogP contribution in [-0.2, 0) is 9.47 Å². The molecule has 0 amide bonds. The maximum Gasteiger partial charge on any atom is 0.338 e. The third-order valence-corrected chi connectivity index (χ3v) is 4.79. The van der Waals surface area contributed by atoms with Gasteiger partial charge in [-0.15, -0.1) is 0 Å². The molecule has 1 atom stereocenters. The fourth-order valence-electron chi connectivity index (χ4n) is 3.02. The largest absolute Gasteiger partial charge is 0.508 e. The molecule has 0 heterocycles. The minimum atomic E-state index is -0.332. The third kappa shape index (κ3) is 11.7. The summed E-state index contributed by atoms with van der Waals surface area (Å²) in [5, 5.41) is 9.28. The second-order valence-electron chi connectivity index (χ2n) is 7.21. The minimum absolute atomic E-state index is 0.0852. The van der Waals surface area contributed by atoms with E-state index in [1.807, 2.05) is 6.92 Å². The van der Waals surface area contributed by atoms with Gasteiger partial charge in [-0.1, -0.05) is 58.8 Å². The summed E-state index contributed by atoms with van der Waals surface area (Å²) >= 11 is 0. The summed E-state index contributed by atoms with van der Waals surface area (Å²) in [5.41, 5.74) is 0.470. The van der Waals surface area contributed by atoms with Crippen molar-refractivity contribution in [2.24, 2.45) is 0 Å². The molecule has 0 fully saturated rings. The molecule has 1 aromatic carbocycles. The number of esters is 1. The molecule has 4 heteroatoms. The maximum absolute atomic E-state index is 12.1. The zero-order valence-corrected chi connectivity index (χ0v) is 17.3. The van der Waals surface area contributed by atoms with Crippen molar-refractivity contribution < 1.29 is 19.4 Å². The molecule has 4 nitrogen and oxygen atoms in total. The number of phenols is 1. The van der Waals surface area contributed by atoms with Gasteiger partial charge in [-0.3, -0.25) is 0 Å². The van der Waals surface area contributed by atoms with Crippen LogP contribution in [0.3, 0.4) is 0 Å². The fraction of sp³-hybridized carbons (Fsp3) is 0.696. The van der Waals surface area contributed by atoms with Crippen LogP contribution >= 0.6 is 0 Å². The smallest absolute Gasteiger partial charge is 0.338 e. The Hall–Kier alpha value is -1.55. The highest BCUT2D eigenvalue weighted by atomic mass is 16.5. The quantitative estimate of drug-likeness (QED) is 0.272. The van der Waals surface area contributed by atoms with Gasteiger partial charge >= 0.3 is 5.97 Å². The van der Waals surface area contributed by atoms with Crippen LogP contribution in [0.5, 0.6) is 5.75 Å². The van der Waals surface area contributed by atoms with Crippen LogP contribution in [0.15, 0.2) is 24.3 Å². The number of ether oxygens (including phenoxy) is 2. The van der Waals surface area contributed by atoms with Crippen LogP contribution in [0.1, 0.15) is 94.8 Å². The van der Waals surface area contributed by atoms with Gasteiger partial charge in [0, 0.05) is 13.2 Å². The first-order valence-corrected chi connectivity index (χ1v) is 10.7. The summed E-state index contributed by atoms with van der Waals surface area (Å²) in [6.07, 6.45) is 12.9. The van der Waals surface area contributed by atoms with Gasteiger partial charge < -0.3 is 14.6 Å². The average molecular weight is 379 g/mol. The molecule has 0 aromatic heterocycles. The number of phenolic OH excluding ortho intramolecular Hbond substituents is 1. The predicted molar refractivity (Wildman–Crippen MR) is 110 cm³/mol. The number of rotatable bonds is 16. The van der Waals surface area contributed by atoms with Crippen molar-refractivity contribution >= 4 is 5.97 Å². The SMILES string of the molecule is CCCCCCCCCCOCCCC(CC)OC(=O)c1ccc(O)cc1. The number of carbonyl (C=O) groups excluding carboxylic acids is 1. The molecule has 1 unspecified atom stereocenters. The number of unbranched alkanes of at least 4 members (excludes halogenated alkanes) is 7. The lowest BCUT2D eigenvalue weighted by Crippen LogP contribution is -2.18. The highest BCUT2D eigenvalue weighted by molar-refractivity contribution is 5.89. The summed E-state index contributed by atoms with van der Waals surface area (Å²) in [5.74, 6) is -0.186. The normalized spacial score (nSPS) is 12.1. The van der Waals surface area contributed by atoms with Gasteiger partial charge in [0.1, 0.15) is 11.9 Å². The zero-order valence-electron chi connectivity index (χ0n) is 17.3. The van der Waals surface area contributed by atoms with Crippen LogP contribution in [0.4, 0.5) is 0 Å². The van der Waals surface area contributed by atoms with E-state index in [1.165, 1.54) is 57.1 Å². The van der Waals surface area contributed by atoms with E-state index in [-0.39, 0.29) is 17.8 Å². The summed E-state index contributed by atoms with van der Waals surface area (Å²) in [6.45, 7) is 5.83. The Bertz CT molecular complexity index is 484. The number of hydrogen-bond donors (Lipinski definition) is 1. The molecule has 1 rings (SSSR count). The van der Waals surface area contributed by atoms with E-state index < -0.39 is 0 Å². The molecule has 0 bridgehead atoms. The monoisotopic (exact) mass is 378 g/mol. The van der Waals surface area contributed by atoms with Gasteiger partial charge in [0.2, 0.25) is 0 Å². The van der Waals surface area contributed by atoms with Crippen LogP contribution in [0.25, 0.3) is 0 Å². The molecular weight excluding hydrogens is 340 g/mol. The summed E-state index contributed by atoms with van der Waals surface area (Å²) in [4.78, 5) is 12.1. The molecule has 27 heavy (non-hydrogen) atoms. The highest BCUT2D eigenvalue weighted by Gasteiger charge is 2.14. The molecule has 0 aliphatic carbocycles. The van der Waals surface area contributed by atoms with Crippen molar-refractivity contribution in [2.75, 3.05) is 13.2 Å². The van der Waals surface area contributed by atoms with Crippen LogP contribution in [0, 0.1) is 0 Å². The summed E-state index contributed by atoms with van der Waals surface area (Å²) < 4.78 is 11.3. The fourth-order valence-corrected chi connectivity index (χ4v) is 3.02. The van der Waals surface area contributed by atoms with E-state index in [0.29, 0.717) is 5.56 Å². The van der Waals surface area contributed by atoms with E-state index in [9.17, 15) is 9.90 Å². The number of hydrogen-bond acceptors (Lipinski definition) is 4. The van der Waals surface area contributed by atoms with Crippen LogP contribution < -0.4 is 0 Å². The highest BCUT2D eigenvalue weighted by Crippen LogP contribution is 2.14. The minimum Gasteiger partial charge on any atom is -0.508 e. The van der Waals surface area contributed by atoms with Gasteiger partial charge in [-0.05, 0) is 49.9 Å². The van der Waals surface area contributed by atoms with E-state index in [2.05, 4.69) is 6.92 Å². The molecule has 154 valence electrons. The predicted octanol–water partition coefficient (Wildman–Crippen LogP) is 6.27. The van der Waals surface area contributed by atoms with Gasteiger partial charge in [0.25, 0.3) is 0 Å². The van der Waals surface area contributed by atoms with Gasteiger partial charge in [-0.25, -0.2) is 4.79 Å². The van der Waals surface area contributed by atoms with Gasteiger partial charge in [0.15, 0.2) is 0 Å². The molecule has 0 saturated carbocycles. The Morgan fingerprint density at radius 2 is 1.48 bits per heavy atom. The summed E-state index contributed by atoms with van der Waals surface area (Å²) in [7, 11) is 0. The maximum atomic E-state index is 12.1.